The lowest BCUT2D eigenvalue weighted by atomic mass is 10.2. The number of hydrogen-bond donors (Lipinski definition) is 1. The number of aromatic nitrogens is 2. The van der Waals surface area contributed by atoms with Crippen molar-refractivity contribution in [1.29, 1.82) is 0 Å². The third-order valence-electron chi connectivity index (χ3n) is 3.60. The van der Waals surface area contributed by atoms with E-state index < -0.39 is 0 Å². The molecule has 0 saturated heterocycles. The zero-order valence-corrected chi connectivity index (χ0v) is 15.0. The summed E-state index contributed by atoms with van der Waals surface area (Å²) >= 11 is 6.12. The molecule has 0 saturated carbocycles. The summed E-state index contributed by atoms with van der Waals surface area (Å²) < 4.78 is 10.6. The summed E-state index contributed by atoms with van der Waals surface area (Å²) in [7, 11) is 0. The van der Waals surface area contributed by atoms with Crippen molar-refractivity contribution in [2.24, 2.45) is 0 Å². The molecule has 0 aliphatic carbocycles. The number of amides is 1. The molecule has 0 aliphatic rings. The Morgan fingerprint density at radius 2 is 1.96 bits per heavy atom. The number of aryl methyl sites for hydroxylation is 1. The van der Waals surface area contributed by atoms with Crippen LogP contribution in [0.25, 0.3) is 11.4 Å². The van der Waals surface area contributed by atoms with E-state index in [1.807, 2.05) is 37.3 Å². The van der Waals surface area contributed by atoms with Crippen LogP contribution >= 0.6 is 11.6 Å². The number of ether oxygens (including phenoxy) is 1. The lowest BCUT2D eigenvalue weighted by Gasteiger charge is -2.06. The Morgan fingerprint density at radius 1 is 1.19 bits per heavy atom. The summed E-state index contributed by atoms with van der Waals surface area (Å²) in [5.41, 5.74) is 1.41. The molecule has 1 aromatic heterocycles. The molecule has 0 bridgehead atoms. The molecule has 0 unspecified atom stereocenters. The van der Waals surface area contributed by atoms with Crippen LogP contribution in [0, 0.1) is 0 Å². The van der Waals surface area contributed by atoms with Crippen molar-refractivity contribution in [1.82, 2.24) is 10.1 Å². The van der Waals surface area contributed by atoms with Gasteiger partial charge in [-0.15, -0.1) is 0 Å². The minimum atomic E-state index is -0.133. The minimum Gasteiger partial charge on any atom is -0.494 e. The van der Waals surface area contributed by atoms with Crippen LogP contribution in [0.1, 0.15) is 19.2 Å². The van der Waals surface area contributed by atoms with Crippen molar-refractivity contribution >= 4 is 23.2 Å². The summed E-state index contributed by atoms with van der Waals surface area (Å²) in [6.45, 7) is 2.52. The molecule has 7 heteroatoms. The minimum absolute atomic E-state index is 0.133. The third kappa shape index (κ3) is 4.61. The molecular weight excluding hydrogens is 354 g/mol. The van der Waals surface area contributed by atoms with Gasteiger partial charge < -0.3 is 14.6 Å². The van der Waals surface area contributed by atoms with Crippen molar-refractivity contribution < 1.29 is 14.1 Å². The topological polar surface area (TPSA) is 77.2 Å². The molecule has 26 heavy (non-hydrogen) atoms. The van der Waals surface area contributed by atoms with Gasteiger partial charge in [0.25, 0.3) is 0 Å². The first-order chi connectivity index (χ1) is 12.7. The van der Waals surface area contributed by atoms with Gasteiger partial charge in [-0.25, -0.2) is 0 Å². The van der Waals surface area contributed by atoms with Crippen LogP contribution in [0.15, 0.2) is 53.1 Å². The summed E-state index contributed by atoms with van der Waals surface area (Å²) in [6, 6.07) is 14.5. The number of carbonyl (C=O) groups is 1. The van der Waals surface area contributed by atoms with Crippen molar-refractivity contribution in [3.8, 4) is 17.1 Å². The standard InChI is InChI=1S/C19H18ClN3O3/c1-2-25-14-9-7-13(8-10-14)21-17(24)11-12-18-22-19(23-26-18)15-5-3-4-6-16(15)20/h3-10H,2,11-12H2,1H3,(H,21,24). The first-order valence-electron chi connectivity index (χ1n) is 8.26. The molecule has 0 atom stereocenters. The average Bonchev–Trinajstić information content (AvgIpc) is 3.11. The molecule has 0 radical (unpaired) electrons. The first-order valence-corrected chi connectivity index (χ1v) is 8.63. The molecule has 6 nitrogen and oxygen atoms in total. The van der Waals surface area contributed by atoms with E-state index in [9.17, 15) is 4.79 Å². The van der Waals surface area contributed by atoms with E-state index in [4.69, 9.17) is 20.9 Å². The van der Waals surface area contributed by atoms with E-state index in [1.165, 1.54) is 0 Å². The van der Waals surface area contributed by atoms with E-state index in [0.29, 0.717) is 41.0 Å². The van der Waals surface area contributed by atoms with E-state index in [0.717, 1.165) is 5.75 Å². The Kier molecular flexibility index (Phi) is 5.86. The molecule has 0 aliphatic heterocycles. The Hall–Kier alpha value is -2.86. The van der Waals surface area contributed by atoms with E-state index >= 15 is 0 Å². The second-order valence-corrected chi connectivity index (χ2v) is 5.90. The largest absolute Gasteiger partial charge is 0.494 e. The van der Waals surface area contributed by atoms with Crippen LogP contribution in [-0.2, 0) is 11.2 Å². The van der Waals surface area contributed by atoms with Crippen molar-refractivity contribution in [2.75, 3.05) is 11.9 Å². The Morgan fingerprint density at radius 3 is 2.69 bits per heavy atom. The zero-order chi connectivity index (χ0) is 18.4. The number of halogens is 1. The lowest BCUT2D eigenvalue weighted by Crippen LogP contribution is -2.12. The molecule has 1 heterocycles. The van der Waals surface area contributed by atoms with Gasteiger partial charge in [-0.1, -0.05) is 28.9 Å². The third-order valence-corrected chi connectivity index (χ3v) is 3.93. The van der Waals surface area contributed by atoms with E-state index in [1.54, 1.807) is 18.2 Å². The van der Waals surface area contributed by atoms with Crippen LogP contribution < -0.4 is 10.1 Å². The van der Waals surface area contributed by atoms with Gasteiger partial charge in [0.2, 0.25) is 17.6 Å². The number of benzene rings is 2. The van der Waals surface area contributed by atoms with Gasteiger partial charge in [0.1, 0.15) is 5.75 Å². The molecule has 0 fully saturated rings. The van der Waals surface area contributed by atoms with Crippen molar-refractivity contribution in [3.63, 3.8) is 0 Å². The van der Waals surface area contributed by atoms with E-state index in [-0.39, 0.29) is 12.3 Å². The van der Waals surface area contributed by atoms with Gasteiger partial charge in [0.15, 0.2) is 0 Å². The summed E-state index contributed by atoms with van der Waals surface area (Å²) in [5, 5.41) is 7.29. The van der Waals surface area contributed by atoms with Crippen molar-refractivity contribution in [2.45, 2.75) is 19.8 Å². The molecule has 1 amide bonds. The van der Waals surface area contributed by atoms with Crippen LogP contribution in [-0.4, -0.2) is 22.7 Å². The maximum absolute atomic E-state index is 12.1. The average molecular weight is 372 g/mol. The van der Waals surface area contributed by atoms with Crippen LogP contribution in [0.5, 0.6) is 5.75 Å². The predicted octanol–water partition coefficient (Wildman–Crippen LogP) is 4.36. The summed E-state index contributed by atoms with van der Waals surface area (Å²) in [6.07, 6.45) is 0.581. The van der Waals surface area contributed by atoms with Gasteiger partial charge in [-0.3, -0.25) is 4.79 Å². The number of nitrogens with one attached hydrogen (secondary N) is 1. The highest BCUT2D eigenvalue weighted by Gasteiger charge is 2.12. The van der Waals surface area contributed by atoms with E-state index in [2.05, 4.69) is 15.5 Å². The van der Waals surface area contributed by atoms with Gasteiger partial charge >= 0.3 is 0 Å². The van der Waals surface area contributed by atoms with Gasteiger partial charge in [-0.2, -0.15) is 4.98 Å². The number of carbonyl (C=O) groups excluding carboxylic acids is 1. The fraction of sp³-hybridized carbons (Fsp3) is 0.211. The van der Waals surface area contributed by atoms with Crippen LogP contribution in [0.4, 0.5) is 5.69 Å². The van der Waals surface area contributed by atoms with Crippen molar-refractivity contribution in [3.05, 3.63) is 59.4 Å². The lowest BCUT2D eigenvalue weighted by molar-refractivity contribution is -0.116. The molecule has 3 aromatic rings. The fourth-order valence-electron chi connectivity index (χ4n) is 2.35. The van der Waals surface area contributed by atoms with Gasteiger partial charge in [0, 0.05) is 24.1 Å². The highest BCUT2D eigenvalue weighted by Crippen LogP contribution is 2.25. The molecular formula is C19H18ClN3O3. The fourth-order valence-corrected chi connectivity index (χ4v) is 2.57. The number of rotatable bonds is 7. The molecule has 0 spiro atoms. The van der Waals surface area contributed by atoms with Gasteiger partial charge in [-0.05, 0) is 43.3 Å². The quantitative estimate of drug-likeness (QED) is 0.667. The summed E-state index contributed by atoms with van der Waals surface area (Å²) in [4.78, 5) is 16.4. The number of hydrogen-bond acceptors (Lipinski definition) is 5. The Labute approximate surface area is 156 Å². The SMILES string of the molecule is CCOc1ccc(NC(=O)CCc2nc(-c3ccccc3Cl)no2)cc1. The second kappa shape index (κ2) is 8.49. The molecule has 2 aromatic carbocycles. The first kappa shape index (κ1) is 17.9. The predicted molar refractivity (Wildman–Crippen MR) is 99.3 cm³/mol. The molecule has 1 N–H and O–H groups in total. The smallest absolute Gasteiger partial charge is 0.227 e. The Bertz CT molecular complexity index is 878. The molecule has 134 valence electrons. The highest BCUT2D eigenvalue weighted by molar-refractivity contribution is 6.33. The number of nitrogens with zero attached hydrogens (tertiary/aromatic N) is 2. The monoisotopic (exact) mass is 371 g/mol. The van der Waals surface area contributed by atoms with Crippen LogP contribution in [0.3, 0.4) is 0 Å². The van der Waals surface area contributed by atoms with Gasteiger partial charge in [0.05, 0.1) is 11.6 Å². The number of anilines is 1. The second-order valence-electron chi connectivity index (χ2n) is 5.50. The van der Waals surface area contributed by atoms with Crippen LogP contribution in [0.2, 0.25) is 5.02 Å². The maximum atomic E-state index is 12.1. The Balaban J connectivity index is 1.54. The highest BCUT2D eigenvalue weighted by atomic mass is 35.5. The maximum Gasteiger partial charge on any atom is 0.227 e. The summed E-state index contributed by atoms with van der Waals surface area (Å²) in [5.74, 6) is 1.44. The molecule has 3 rings (SSSR count). The normalized spacial score (nSPS) is 10.5. The zero-order valence-electron chi connectivity index (χ0n) is 14.2.